The summed E-state index contributed by atoms with van der Waals surface area (Å²) < 4.78 is 0. The fourth-order valence-corrected chi connectivity index (χ4v) is 2.01. The summed E-state index contributed by atoms with van der Waals surface area (Å²) in [6.07, 6.45) is 1.50. The summed E-state index contributed by atoms with van der Waals surface area (Å²) in [5.41, 5.74) is 3.76. The molecule has 0 unspecified atom stereocenters. The van der Waals surface area contributed by atoms with E-state index < -0.39 is 0 Å². The minimum absolute atomic E-state index is 0.103. The Morgan fingerprint density at radius 1 is 1.14 bits per heavy atom. The first-order chi connectivity index (χ1) is 10.3. The van der Waals surface area contributed by atoms with Crippen molar-refractivity contribution in [2.75, 3.05) is 5.32 Å². The van der Waals surface area contributed by atoms with Crippen LogP contribution < -0.4 is 10.6 Å². The second kappa shape index (κ2) is 6.56. The van der Waals surface area contributed by atoms with Crippen LogP contribution in [0.3, 0.4) is 0 Å². The second-order valence-corrected chi connectivity index (χ2v) is 6.29. The molecule has 2 amide bonds. The molecule has 5 heteroatoms. The molecule has 0 radical (unpaired) electrons. The second-order valence-electron chi connectivity index (χ2n) is 6.29. The largest absolute Gasteiger partial charge is 0.332 e. The van der Waals surface area contributed by atoms with Gasteiger partial charge in [0.15, 0.2) is 0 Å². The van der Waals surface area contributed by atoms with Crippen LogP contribution in [0.25, 0.3) is 0 Å². The first-order valence-corrected chi connectivity index (χ1v) is 7.27. The predicted molar refractivity (Wildman–Crippen MR) is 87.8 cm³/mol. The molecule has 0 saturated heterocycles. The van der Waals surface area contributed by atoms with E-state index in [1.165, 1.54) is 11.9 Å². The van der Waals surface area contributed by atoms with E-state index >= 15 is 0 Å². The Kier molecular flexibility index (Phi) is 4.75. The molecular weight excluding hydrogens is 276 g/mol. The lowest BCUT2D eigenvalue weighted by Gasteiger charge is -2.19. The van der Waals surface area contributed by atoms with Crippen molar-refractivity contribution in [2.24, 2.45) is 0 Å². The van der Waals surface area contributed by atoms with Gasteiger partial charge in [0.1, 0.15) is 6.33 Å². The zero-order valence-electron chi connectivity index (χ0n) is 13.5. The summed E-state index contributed by atoms with van der Waals surface area (Å²) in [5, 5.41) is 5.59. The number of carbonyl (C=O) groups excluding carboxylic acids is 1. The number of amides is 2. The monoisotopic (exact) mass is 298 g/mol. The number of nitrogens with one attached hydrogen (secondary N) is 2. The van der Waals surface area contributed by atoms with Gasteiger partial charge in [-0.25, -0.2) is 14.8 Å². The summed E-state index contributed by atoms with van der Waals surface area (Å²) in [6.45, 7) is 8.74. The van der Waals surface area contributed by atoms with Crippen LogP contribution in [0.4, 0.5) is 10.5 Å². The van der Waals surface area contributed by atoms with Gasteiger partial charge in [-0.05, 0) is 36.1 Å². The number of anilines is 1. The molecule has 0 aliphatic carbocycles. The first-order valence-electron chi connectivity index (χ1n) is 7.27. The molecule has 1 aromatic heterocycles. The van der Waals surface area contributed by atoms with Crippen molar-refractivity contribution in [1.29, 1.82) is 0 Å². The fraction of sp³-hybridized carbons (Fsp3) is 0.353. The van der Waals surface area contributed by atoms with E-state index in [-0.39, 0.29) is 11.4 Å². The van der Waals surface area contributed by atoms with Crippen LogP contribution in [0, 0.1) is 6.92 Å². The molecular formula is C17H22N4O. The molecule has 2 rings (SSSR count). The summed E-state index contributed by atoms with van der Waals surface area (Å²) >= 11 is 0. The first kappa shape index (κ1) is 15.9. The molecule has 22 heavy (non-hydrogen) atoms. The van der Waals surface area contributed by atoms with E-state index in [4.69, 9.17) is 0 Å². The average Bonchev–Trinajstić information content (AvgIpc) is 2.45. The van der Waals surface area contributed by atoms with Crippen molar-refractivity contribution in [3.05, 3.63) is 53.6 Å². The van der Waals surface area contributed by atoms with Gasteiger partial charge in [0, 0.05) is 11.4 Å². The molecule has 0 saturated carbocycles. The third-order valence-corrected chi connectivity index (χ3v) is 3.30. The Balaban J connectivity index is 1.89. The molecule has 0 spiro atoms. The van der Waals surface area contributed by atoms with Crippen LogP contribution in [-0.4, -0.2) is 16.0 Å². The SMILES string of the molecule is Cc1cc(CNC(=O)Nc2ccc(C(C)(C)C)cc2)ncn1. The van der Waals surface area contributed by atoms with Gasteiger partial charge < -0.3 is 10.6 Å². The lowest BCUT2D eigenvalue weighted by atomic mass is 9.87. The van der Waals surface area contributed by atoms with Gasteiger partial charge in [-0.2, -0.15) is 0 Å². The van der Waals surface area contributed by atoms with Gasteiger partial charge in [-0.1, -0.05) is 32.9 Å². The van der Waals surface area contributed by atoms with Gasteiger partial charge in [0.25, 0.3) is 0 Å². The normalized spacial score (nSPS) is 11.1. The molecule has 0 aliphatic heterocycles. The molecule has 116 valence electrons. The molecule has 0 bridgehead atoms. The number of carbonyl (C=O) groups is 1. The zero-order valence-corrected chi connectivity index (χ0v) is 13.5. The maximum absolute atomic E-state index is 11.9. The third-order valence-electron chi connectivity index (χ3n) is 3.30. The van der Waals surface area contributed by atoms with Crippen molar-refractivity contribution < 1.29 is 4.79 Å². The van der Waals surface area contributed by atoms with Crippen LogP contribution in [-0.2, 0) is 12.0 Å². The van der Waals surface area contributed by atoms with Gasteiger partial charge in [-0.3, -0.25) is 0 Å². The van der Waals surface area contributed by atoms with Crippen molar-refractivity contribution in [3.8, 4) is 0 Å². The highest BCUT2D eigenvalue weighted by atomic mass is 16.2. The molecule has 0 atom stereocenters. The van der Waals surface area contributed by atoms with Crippen LogP contribution >= 0.6 is 0 Å². The van der Waals surface area contributed by atoms with Crippen molar-refractivity contribution >= 4 is 11.7 Å². The number of aromatic nitrogens is 2. The number of nitrogens with zero attached hydrogens (tertiary/aromatic N) is 2. The Bertz CT molecular complexity index is 644. The molecule has 1 aromatic carbocycles. The molecule has 2 aromatic rings. The number of hydrogen-bond donors (Lipinski definition) is 2. The minimum atomic E-state index is -0.250. The minimum Gasteiger partial charge on any atom is -0.332 e. The summed E-state index contributed by atoms with van der Waals surface area (Å²) in [7, 11) is 0. The van der Waals surface area contributed by atoms with Crippen molar-refractivity contribution in [3.63, 3.8) is 0 Å². The number of rotatable bonds is 3. The number of aryl methyl sites for hydroxylation is 1. The zero-order chi connectivity index (χ0) is 16.2. The highest BCUT2D eigenvalue weighted by Crippen LogP contribution is 2.23. The van der Waals surface area contributed by atoms with E-state index in [9.17, 15) is 4.79 Å². The van der Waals surface area contributed by atoms with E-state index in [0.29, 0.717) is 6.54 Å². The average molecular weight is 298 g/mol. The number of urea groups is 1. The summed E-state index contributed by atoms with van der Waals surface area (Å²) in [5.74, 6) is 0. The quantitative estimate of drug-likeness (QED) is 0.912. The van der Waals surface area contributed by atoms with Crippen molar-refractivity contribution in [2.45, 2.75) is 39.7 Å². The predicted octanol–water partition coefficient (Wildman–Crippen LogP) is 3.40. The van der Waals surface area contributed by atoms with Crippen LogP contribution in [0.15, 0.2) is 36.7 Å². The summed E-state index contributed by atoms with van der Waals surface area (Å²) in [6, 6.07) is 9.48. The lowest BCUT2D eigenvalue weighted by Crippen LogP contribution is -2.28. The molecule has 0 fully saturated rings. The van der Waals surface area contributed by atoms with Gasteiger partial charge in [-0.15, -0.1) is 0 Å². The Hall–Kier alpha value is -2.43. The Labute approximate surface area is 131 Å². The van der Waals surface area contributed by atoms with Gasteiger partial charge >= 0.3 is 6.03 Å². The van der Waals surface area contributed by atoms with Crippen LogP contribution in [0.1, 0.15) is 37.7 Å². The van der Waals surface area contributed by atoms with Gasteiger partial charge in [0.2, 0.25) is 0 Å². The van der Waals surface area contributed by atoms with Crippen LogP contribution in [0.2, 0.25) is 0 Å². The van der Waals surface area contributed by atoms with E-state index in [0.717, 1.165) is 17.1 Å². The van der Waals surface area contributed by atoms with Gasteiger partial charge in [0.05, 0.1) is 12.2 Å². The van der Waals surface area contributed by atoms with Crippen LogP contribution in [0.5, 0.6) is 0 Å². The highest BCUT2D eigenvalue weighted by Gasteiger charge is 2.13. The molecule has 1 heterocycles. The van der Waals surface area contributed by atoms with E-state index in [1.807, 2.05) is 37.3 Å². The van der Waals surface area contributed by atoms with Crippen molar-refractivity contribution in [1.82, 2.24) is 15.3 Å². The molecule has 2 N–H and O–H groups in total. The number of benzene rings is 1. The third kappa shape index (κ3) is 4.55. The fourth-order valence-electron chi connectivity index (χ4n) is 2.01. The Morgan fingerprint density at radius 3 is 2.41 bits per heavy atom. The Morgan fingerprint density at radius 2 is 1.82 bits per heavy atom. The standard InChI is InChI=1S/C17H22N4O/c1-12-9-15(20-11-19-12)10-18-16(22)21-14-7-5-13(6-8-14)17(2,3)4/h5-9,11H,10H2,1-4H3,(H2,18,21,22). The van der Waals surface area contributed by atoms with E-state index in [1.54, 1.807) is 0 Å². The number of hydrogen-bond acceptors (Lipinski definition) is 3. The lowest BCUT2D eigenvalue weighted by molar-refractivity contribution is 0.251. The topological polar surface area (TPSA) is 66.9 Å². The summed E-state index contributed by atoms with van der Waals surface area (Å²) in [4.78, 5) is 20.0. The molecule has 0 aliphatic rings. The maximum Gasteiger partial charge on any atom is 0.319 e. The maximum atomic E-state index is 11.9. The van der Waals surface area contributed by atoms with E-state index in [2.05, 4.69) is 41.4 Å². The highest BCUT2D eigenvalue weighted by molar-refractivity contribution is 5.89. The smallest absolute Gasteiger partial charge is 0.319 e. The molecule has 5 nitrogen and oxygen atoms in total.